The Bertz CT molecular complexity index is 614. The third-order valence-electron chi connectivity index (χ3n) is 4.98. The van der Waals surface area contributed by atoms with Gasteiger partial charge in [0.25, 0.3) is 0 Å². The van der Waals surface area contributed by atoms with Crippen LogP contribution in [0.15, 0.2) is 23.2 Å². The van der Waals surface area contributed by atoms with Gasteiger partial charge in [-0.05, 0) is 57.6 Å². The highest BCUT2D eigenvalue weighted by molar-refractivity contribution is 6.34. The number of benzene rings is 1. The number of aliphatic hydroxyl groups excluding tert-OH is 1. The molecule has 2 rings (SSSR count). The molecule has 1 aliphatic heterocycles. The van der Waals surface area contributed by atoms with E-state index in [0.29, 0.717) is 34.7 Å². The Labute approximate surface area is 171 Å². The fourth-order valence-electron chi connectivity index (χ4n) is 3.14. The number of halogens is 2. The largest absolute Gasteiger partial charge is 0.387 e. The Morgan fingerprint density at radius 3 is 2.41 bits per heavy atom. The second-order valence-corrected chi connectivity index (χ2v) is 7.90. The van der Waals surface area contributed by atoms with Crippen LogP contribution in [0, 0.1) is 0 Å². The van der Waals surface area contributed by atoms with Crippen molar-refractivity contribution in [3.05, 3.63) is 33.8 Å². The summed E-state index contributed by atoms with van der Waals surface area (Å²) in [5.41, 5.74) is 0.671. The number of hydrogen-bond acceptors (Lipinski definition) is 4. The molecule has 0 radical (unpaired) electrons. The Morgan fingerprint density at radius 1 is 1.22 bits per heavy atom. The first kappa shape index (κ1) is 22.2. The number of nitrogens with one attached hydrogen (secondary N) is 2. The highest BCUT2D eigenvalue weighted by atomic mass is 35.5. The van der Waals surface area contributed by atoms with E-state index in [0.717, 1.165) is 32.6 Å². The lowest BCUT2D eigenvalue weighted by Crippen LogP contribution is -2.52. The zero-order valence-corrected chi connectivity index (χ0v) is 17.8. The summed E-state index contributed by atoms with van der Waals surface area (Å²) in [6, 6.07) is 5.08. The van der Waals surface area contributed by atoms with Gasteiger partial charge in [-0.15, -0.1) is 0 Å². The zero-order valence-electron chi connectivity index (χ0n) is 16.3. The predicted octanol–water partition coefficient (Wildman–Crippen LogP) is 2.69. The van der Waals surface area contributed by atoms with Gasteiger partial charge in [-0.1, -0.05) is 23.2 Å². The average Bonchev–Trinajstić information content (AvgIpc) is 2.63. The van der Waals surface area contributed by atoms with Crippen LogP contribution < -0.4 is 10.6 Å². The van der Waals surface area contributed by atoms with Gasteiger partial charge in [0.05, 0.1) is 12.6 Å². The summed E-state index contributed by atoms with van der Waals surface area (Å²) >= 11 is 12.0. The Hall–Kier alpha value is -1.05. The summed E-state index contributed by atoms with van der Waals surface area (Å²) in [6.07, 6.45) is 1.16. The predicted molar refractivity (Wildman–Crippen MR) is 112 cm³/mol. The molecule has 0 spiro atoms. The van der Waals surface area contributed by atoms with Crippen LogP contribution in [0.4, 0.5) is 0 Å². The first-order valence-corrected chi connectivity index (χ1v) is 10.0. The van der Waals surface area contributed by atoms with Crippen LogP contribution in [0.3, 0.4) is 0 Å². The van der Waals surface area contributed by atoms with Gasteiger partial charge in [-0.2, -0.15) is 0 Å². The number of aliphatic imine (C=N–C) groups is 1. The van der Waals surface area contributed by atoms with Crippen LogP contribution in [-0.4, -0.2) is 68.4 Å². The Balaban J connectivity index is 2.02. The van der Waals surface area contributed by atoms with Gasteiger partial charge in [0, 0.05) is 41.9 Å². The molecule has 1 unspecified atom stereocenters. The summed E-state index contributed by atoms with van der Waals surface area (Å²) in [5.74, 6) is 0.678. The first-order valence-electron chi connectivity index (χ1n) is 9.28. The molecule has 0 saturated carbocycles. The molecule has 1 atom stereocenters. The van der Waals surface area contributed by atoms with Crippen LogP contribution in [0.5, 0.6) is 0 Å². The average molecular weight is 417 g/mol. The van der Waals surface area contributed by atoms with Gasteiger partial charge in [0.1, 0.15) is 0 Å². The van der Waals surface area contributed by atoms with Crippen LogP contribution in [0.1, 0.15) is 31.4 Å². The van der Waals surface area contributed by atoms with Gasteiger partial charge >= 0.3 is 0 Å². The van der Waals surface area contributed by atoms with Crippen molar-refractivity contribution in [1.82, 2.24) is 15.5 Å². The second-order valence-electron chi connectivity index (χ2n) is 7.03. The number of rotatable bonds is 7. The second kappa shape index (κ2) is 10.5. The van der Waals surface area contributed by atoms with Crippen molar-refractivity contribution >= 4 is 29.2 Å². The molecule has 1 saturated heterocycles. The van der Waals surface area contributed by atoms with Crippen molar-refractivity contribution in [1.29, 1.82) is 0 Å². The molecule has 3 N–H and O–H groups in total. The molecule has 1 fully saturated rings. The topological polar surface area (TPSA) is 69.1 Å². The number of likely N-dealkylation sites (N-methyl/N-ethyl adjacent to an activating group) is 1. The minimum absolute atomic E-state index is 0.000299. The molecule has 1 aromatic rings. The summed E-state index contributed by atoms with van der Waals surface area (Å²) in [6.45, 7) is 5.24. The minimum atomic E-state index is -0.740. The summed E-state index contributed by atoms with van der Waals surface area (Å²) in [7, 11) is 4.18. The molecule has 1 aliphatic rings. The van der Waals surface area contributed by atoms with E-state index in [4.69, 9.17) is 32.9 Å². The highest BCUT2D eigenvalue weighted by Crippen LogP contribution is 2.26. The molecule has 0 bridgehead atoms. The maximum absolute atomic E-state index is 10.5. The van der Waals surface area contributed by atoms with Crippen molar-refractivity contribution in [2.24, 2.45) is 4.99 Å². The maximum atomic E-state index is 10.5. The standard InChI is InChI=1S/C19H30Cl2N4O2/c1-4-22-18(24-13-19(25(2)3)5-7-27-8-6-19)23-12-17(26)14-9-15(20)11-16(21)10-14/h9-11,17,26H,4-8,12-13H2,1-3H3,(H2,22,23,24). The fourth-order valence-corrected chi connectivity index (χ4v) is 3.69. The van der Waals surface area contributed by atoms with Crippen LogP contribution in [-0.2, 0) is 4.74 Å². The quantitative estimate of drug-likeness (QED) is 0.470. The number of ether oxygens (including phenoxy) is 1. The maximum Gasteiger partial charge on any atom is 0.191 e. The number of nitrogens with zero attached hydrogens (tertiary/aromatic N) is 2. The van der Waals surface area contributed by atoms with E-state index in [2.05, 4.69) is 29.6 Å². The Morgan fingerprint density at radius 2 is 1.85 bits per heavy atom. The van der Waals surface area contributed by atoms with E-state index in [1.807, 2.05) is 6.92 Å². The van der Waals surface area contributed by atoms with Crippen molar-refractivity contribution in [2.75, 3.05) is 46.9 Å². The Kier molecular flexibility index (Phi) is 8.63. The SMILES string of the molecule is CCNC(=NCC1(N(C)C)CCOCC1)NCC(O)c1cc(Cl)cc(Cl)c1. The fraction of sp³-hybridized carbons (Fsp3) is 0.632. The summed E-state index contributed by atoms with van der Waals surface area (Å²) in [5, 5.41) is 17.9. The zero-order chi connectivity index (χ0) is 19.9. The third-order valence-corrected chi connectivity index (χ3v) is 5.42. The monoisotopic (exact) mass is 416 g/mol. The minimum Gasteiger partial charge on any atom is -0.387 e. The van der Waals surface area contributed by atoms with E-state index in [1.54, 1.807) is 18.2 Å². The van der Waals surface area contributed by atoms with E-state index in [-0.39, 0.29) is 5.54 Å². The lowest BCUT2D eigenvalue weighted by molar-refractivity contribution is -0.00255. The van der Waals surface area contributed by atoms with Gasteiger partial charge in [-0.25, -0.2) is 0 Å². The summed E-state index contributed by atoms with van der Waals surface area (Å²) in [4.78, 5) is 7.01. The van der Waals surface area contributed by atoms with E-state index in [1.165, 1.54) is 0 Å². The molecule has 152 valence electrons. The smallest absolute Gasteiger partial charge is 0.191 e. The lowest BCUT2D eigenvalue weighted by Gasteiger charge is -2.41. The van der Waals surface area contributed by atoms with Gasteiger partial charge in [0.2, 0.25) is 0 Å². The number of guanidine groups is 1. The van der Waals surface area contributed by atoms with Crippen molar-refractivity contribution in [3.63, 3.8) is 0 Å². The molecule has 0 aliphatic carbocycles. The molecule has 1 heterocycles. The highest BCUT2D eigenvalue weighted by Gasteiger charge is 2.34. The first-order chi connectivity index (χ1) is 12.9. The lowest BCUT2D eigenvalue weighted by atomic mass is 9.89. The van der Waals surface area contributed by atoms with Gasteiger partial charge in [0.15, 0.2) is 5.96 Å². The normalized spacial score (nSPS) is 18.4. The van der Waals surface area contributed by atoms with Crippen molar-refractivity contribution < 1.29 is 9.84 Å². The molecule has 1 aromatic carbocycles. The number of hydrogen-bond donors (Lipinski definition) is 3. The third kappa shape index (κ3) is 6.50. The number of aliphatic hydroxyl groups is 1. The molecular formula is C19H30Cl2N4O2. The molecule has 8 heteroatoms. The molecular weight excluding hydrogens is 387 g/mol. The van der Waals surface area contributed by atoms with Gasteiger partial charge < -0.3 is 25.4 Å². The van der Waals surface area contributed by atoms with Crippen LogP contribution in [0.2, 0.25) is 10.0 Å². The molecule has 0 amide bonds. The molecule has 6 nitrogen and oxygen atoms in total. The van der Waals surface area contributed by atoms with E-state index >= 15 is 0 Å². The van der Waals surface area contributed by atoms with E-state index in [9.17, 15) is 5.11 Å². The molecule has 0 aromatic heterocycles. The van der Waals surface area contributed by atoms with Crippen molar-refractivity contribution in [2.45, 2.75) is 31.4 Å². The van der Waals surface area contributed by atoms with E-state index < -0.39 is 6.10 Å². The van der Waals surface area contributed by atoms with Crippen LogP contribution >= 0.6 is 23.2 Å². The summed E-state index contributed by atoms with van der Waals surface area (Å²) < 4.78 is 5.52. The van der Waals surface area contributed by atoms with Gasteiger partial charge in [-0.3, -0.25) is 4.99 Å². The van der Waals surface area contributed by atoms with Crippen LogP contribution in [0.25, 0.3) is 0 Å². The molecule has 27 heavy (non-hydrogen) atoms. The van der Waals surface area contributed by atoms with Crippen molar-refractivity contribution in [3.8, 4) is 0 Å².